The summed E-state index contributed by atoms with van der Waals surface area (Å²) in [6.07, 6.45) is 0. The second kappa shape index (κ2) is 5.96. The Morgan fingerprint density at radius 2 is 1.47 bits per heavy atom. The summed E-state index contributed by atoms with van der Waals surface area (Å²) >= 11 is 0. The Bertz CT molecular complexity index is 586. The third kappa shape index (κ3) is 3.52. The van der Waals surface area contributed by atoms with Crippen molar-refractivity contribution in [3.63, 3.8) is 0 Å². The highest BCUT2D eigenvalue weighted by molar-refractivity contribution is 5.99. The number of benzene rings is 2. The summed E-state index contributed by atoms with van der Waals surface area (Å²) in [5.74, 6) is -0.416. The molecule has 0 atom stereocenters. The van der Waals surface area contributed by atoms with Gasteiger partial charge < -0.3 is 4.84 Å². The summed E-state index contributed by atoms with van der Waals surface area (Å²) in [6, 6.07) is 18.1. The van der Waals surface area contributed by atoms with E-state index in [0.29, 0.717) is 5.71 Å². The number of hydrogen-bond acceptors (Lipinski definition) is 3. The van der Waals surface area contributed by atoms with Crippen molar-refractivity contribution < 1.29 is 9.63 Å². The summed E-state index contributed by atoms with van der Waals surface area (Å²) in [6.45, 7) is 3.13. The number of hydrogen-bond donors (Lipinski definition) is 0. The SMILES string of the molecule is CC(=O)O/N=C(/C)c1ccc(-c2ccccc2)cc1. The standard InChI is InChI=1S/C16H15NO2/c1-12(17-19-13(2)18)14-8-10-16(11-9-14)15-6-4-3-5-7-15/h3-11H,1-2H3/b17-12-. The fourth-order valence-corrected chi connectivity index (χ4v) is 1.72. The van der Waals surface area contributed by atoms with Crippen molar-refractivity contribution in [3.05, 3.63) is 60.2 Å². The average Bonchev–Trinajstić information content (AvgIpc) is 2.46. The van der Waals surface area contributed by atoms with Crippen LogP contribution in [-0.2, 0) is 9.63 Å². The molecule has 0 fully saturated rings. The van der Waals surface area contributed by atoms with Gasteiger partial charge in [0.1, 0.15) is 0 Å². The molecule has 0 heterocycles. The fraction of sp³-hybridized carbons (Fsp3) is 0.125. The first-order chi connectivity index (χ1) is 9.16. The Kier molecular flexibility index (Phi) is 4.08. The van der Waals surface area contributed by atoms with Crippen LogP contribution >= 0.6 is 0 Å². The summed E-state index contributed by atoms with van der Waals surface area (Å²) in [4.78, 5) is 15.3. The van der Waals surface area contributed by atoms with Gasteiger partial charge in [0.2, 0.25) is 0 Å². The molecule has 0 aliphatic carbocycles. The zero-order valence-corrected chi connectivity index (χ0v) is 11.0. The number of nitrogens with zero attached hydrogens (tertiary/aromatic N) is 1. The van der Waals surface area contributed by atoms with Gasteiger partial charge in [0.15, 0.2) is 0 Å². The molecule has 2 aromatic rings. The molecule has 0 saturated carbocycles. The van der Waals surface area contributed by atoms with Gasteiger partial charge in [-0.3, -0.25) is 0 Å². The lowest BCUT2D eigenvalue weighted by molar-refractivity contribution is -0.140. The average molecular weight is 253 g/mol. The van der Waals surface area contributed by atoms with E-state index in [9.17, 15) is 4.79 Å². The highest BCUT2D eigenvalue weighted by Gasteiger charge is 2.01. The molecule has 3 nitrogen and oxygen atoms in total. The number of carbonyl (C=O) groups is 1. The van der Waals surface area contributed by atoms with Crippen LogP contribution in [0.15, 0.2) is 59.8 Å². The second-order valence-corrected chi connectivity index (χ2v) is 4.20. The van der Waals surface area contributed by atoms with E-state index in [1.165, 1.54) is 12.5 Å². The maximum Gasteiger partial charge on any atom is 0.331 e. The van der Waals surface area contributed by atoms with Gasteiger partial charge in [-0.2, -0.15) is 0 Å². The maximum atomic E-state index is 10.7. The van der Waals surface area contributed by atoms with Crippen LogP contribution in [-0.4, -0.2) is 11.7 Å². The van der Waals surface area contributed by atoms with E-state index in [1.54, 1.807) is 6.92 Å². The lowest BCUT2D eigenvalue weighted by Gasteiger charge is -2.04. The molecule has 0 N–H and O–H groups in total. The molecular weight excluding hydrogens is 238 g/mol. The van der Waals surface area contributed by atoms with Gasteiger partial charge in [0.05, 0.1) is 5.71 Å². The van der Waals surface area contributed by atoms with Crippen molar-refractivity contribution in [2.24, 2.45) is 5.16 Å². The van der Waals surface area contributed by atoms with Crippen LogP contribution in [0, 0.1) is 0 Å². The highest BCUT2D eigenvalue weighted by Crippen LogP contribution is 2.19. The predicted octanol–water partition coefficient (Wildman–Crippen LogP) is 3.64. The van der Waals surface area contributed by atoms with Crippen LogP contribution < -0.4 is 0 Å². The van der Waals surface area contributed by atoms with Crippen LogP contribution in [0.1, 0.15) is 19.4 Å². The number of oxime groups is 1. The lowest BCUT2D eigenvalue weighted by Crippen LogP contribution is -1.99. The summed E-state index contributed by atoms with van der Waals surface area (Å²) in [7, 11) is 0. The van der Waals surface area contributed by atoms with Gasteiger partial charge in [-0.25, -0.2) is 4.79 Å². The number of carbonyl (C=O) groups excluding carboxylic acids is 1. The molecule has 0 saturated heterocycles. The molecule has 0 unspecified atom stereocenters. The predicted molar refractivity (Wildman–Crippen MR) is 75.9 cm³/mol. The molecule has 0 spiro atoms. The van der Waals surface area contributed by atoms with E-state index in [-0.39, 0.29) is 0 Å². The van der Waals surface area contributed by atoms with E-state index in [0.717, 1.165) is 11.1 Å². The quantitative estimate of drug-likeness (QED) is 0.476. The zero-order chi connectivity index (χ0) is 13.7. The lowest BCUT2D eigenvalue weighted by atomic mass is 10.0. The van der Waals surface area contributed by atoms with Gasteiger partial charge in [0, 0.05) is 6.92 Å². The minimum absolute atomic E-state index is 0.416. The molecule has 0 radical (unpaired) electrons. The van der Waals surface area contributed by atoms with E-state index >= 15 is 0 Å². The Labute approximate surface area is 112 Å². The maximum absolute atomic E-state index is 10.7. The Balaban J connectivity index is 2.19. The summed E-state index contributed by atoms with van der Waals surface area (Å²) in [5.41, 5.74) is 3.92. The van der Waals surface area contributed by atoms with Gasteiger partial charge in [-0.1, -0.05) is 59.8 Å². The van der Waals surface area contributed by atoms with Gasteiger partial charge in [-0.05, 0) is 23.6 Å². The zero-order valence-electron chi connectivity index (χ0n) is 11.0. The first kappa shape index (κ1) is 13.0. The van der Waals surface area contributed by atoms with E-state index in [2.05, 4.69) is 22.1 Å². The molecule has 0 aromatic heterocycles. The van der Waals surface area contributed by atoms with Crippen molar-refractivity contribution in [3.8, 4) is 11.1 Å². The third-order valence-corrected chi connectivity index (χ3v) is 2.72. The molecule has 0 aliphatic rings. The first-order valence-electron chi connectivity index (χ1n) is 6.05. The minimum atomic E-state index is -0.416. The van der Waals surface area contributed by atoms with Crippen LogP contribution in [0.25, 0.3) is 11.1 Å². The van der Waals surface area contributed by atoms with Gasteiger partial charge >= 0.3 is 5.97 Å². The van der Waals surface area contributed by atoms with Crippen LogP contribution in [0.2, 0.25) is 0 Å². The third-order valence-electron chi connectivity index (χ3n) is 2.72. The Morgan fingerprint density at radius 3 is 2.05 bits per heavy atom. The number of rotatable bonds is 3. The minimum Gasteiger partial charge on any atom is -0.318 e. The van der Waals surface area contributed by atoms with E-state index in [1.807, 2.05) is 42.5 Å². The van der Waals surface area contributed by atoms with Crippen LogP contribution in [0.4, 0.5) is 0 Å². The summed E-state index contributed by atoms with van der Waals surface area (Å²) < 4.78 is 0. The van der Waals surface area contributed by atoms with E-state index < -0.39 is 5.97 Å². The molecule has 0 aliphatic heterocycles. The molecule has 0 bridgehead atoms. The Hall–Kier alpha value is -2.42. The molecule has 96 valence electrons. The topological polar surface area (TPSA) is 38.7 Å². The van der Waals surface area contributed by atoms with Crippen molar-refractivity contribution in [1.29, 1.82) is 0 Å². The molecule has 19 heavy (non-hydrogen) atoms. The highest BCUT2D eigenvalue weighted by atomic mass is 16.7. The molecule has 0 amide bonds. The Morgan fingerprint density at radius 1 is 0.895 bits per heavy atom. The van der Waals surface area contributed by atoms with Crippen LogP contribution in [0.5, 0.6) is 0 Å². The summed E-state index contributed by atoms with van der Waals surface area (Å²) in [5, 5.41) is 3.76. The van der Waals surface area contributed by atoms with Crippen molar-refractivity contribution in [1.82, 2.24) is 0 Å². The smallest absolute Gasteiger partial charge is 0.318 e. The van der Waals surface area contributed by atoms with Crippen molar-refractivity contribution in [2.75, 3.05) is 0 Å². The van der Waals surface area contributed by atoms with Crippen molar-refractivity contribution in [2.45, 2.75) is 13.8 Å². The molecule has 2 aromatic carbocycles. The molecular formula is C16H15NO2. The van der Waals surface area contributed by atoms with Crippen LogP contribution in [0.3, 0.4) is 0 Å². The first-order valence-corrected chi connectivity index (χ1v) is 6.05. The molecule has 2 rings (SSSR count). The largest absolute Gasteiger partial charge is 0.331 e. The fourth-order valence-electron chi connectivity index (χ4n) is 1.72. The van der Waals surface area contributed by atoms with E-state index in [4.69, 9.17) is 0 Å². The second-order valence-electron chi connectivity index (χ2n) is 4.20. The van der Waals surface area contributed by atoms with Gasteiger partial charge in [0.25, 0.3) is 0 Å². The van der Waals surface area contributed by atoms with Crippen molar-refractivity contribution >= 4 is 11.7 Å². The normalized spacial score (nSPS) is 11.2. The monoisotopic (exact) mass is 253 g/mol. The van der Waals surface area contributed by atoms with Gasteiger partial charge in [-0.15, -0.1) is 0 Å². The molecule has 3 heteroatoms.